The number of carboxylic acids is 2. The fraction of sp³-hybridized carbons (Fsp3) is 0.636. The van der Waals surface area contributed by atoms with E-state index >= 15 is 0 Å². The highest BCUT2D eigenvalue weighted by molar-refractivity contribution is 5.83. The lowest BCUT2D eigenvalue weighted by molar-refractivity contribution is -0.165. The molecule has 0 spiro atoms. The summed E-state index contributed by atoms with van der Waals surface area (Å²) in [6.45, 7) is 5.59. The maximum Gasteiger partial charge on any atom is 0.416 e. The van der Waals surface area contributed by atoms with E-state index in [0.29, 0.717) is 19.0 Å². The first kappa shape index (κ1) is 30.7. The number of aliphatic hydroxyl groups excluding tert-OH is 2. The molecule has 200 valence electrons. The van der Waals surface area contributed by atoms with Crippen molar-refractivity contribution < 1.29 is 52.7 Å². The Kier molecular flexibility index (Phi) is 11.5. The molecule has 0 aromatic heterocycles. The van der Waals surface area contributed by atoms with E-state index in [4.69, 9.17) is 20.4 Å². The summed E-state index contributed by atoms with van der Waals surface area (Å²) in [5.74, 6) is -4.43. The van der Waals surface area contributed by atoms with Crippen LogP contribution in [-0.2, 0) is 22.3 Å². The molecule has 13 heteroatoms. The van der Waals surface area contributed by atoms with Crippen molar-refractivity contribution in [1.82, 2.24) is 10.2 Å². The van der Waals surface area contributed by atoms with E-state index in [1.165, 1.54) is 6.07 Å². The number of carbonyl (C=O) groups is 2. The second-order valence-corrected chi connectivity index (χ2v) is 8.88. The zero-order valence-electron chi connectivity index (χ0n) is 19.4. The number of benzene rings is 1. The number of alkyl halides is 3. The molecule has 35 heavy (non-hydrogen) atoms. The topological polar surface area (TPSA) is 151 Å². The quantitative estimate of drug-likeness (QED) is 0.270. The molecule has 1 fully saturated rings. The Balaban J connectivity index is 0.000000518. The SMILES string of the molecule is CC(C)(O)CCN(Cc1ccc(F)cc1C(F)(F)F)C1CCNCC1.O=C(O)C(O)C(O)C(=O)O. The number of halogens is 4. The standard InChI is InChI=1S/C18H26F4N2O.C4H6O6/c1-17(2,25)7-10-24(15-5-8-23-9-6-15)12-13-3-4-14(19)11-16(13)18(20,21)22;5-1(3(7)8)2(6)4(9)10/h3-4,11,15,23,25H,5-10,12H2,1-2H3;1-2,5-6H,(H,7,8)(H,9,10). The lowest BCUT2D eigenvalue weighted by Gasteiger charge is -2.36. The average molecular weight is 512 g/mol. The minimum absolute atomic E-state index is 0.0724. The number of carboxylic acid groups (broad SMARTS) is 2. The molecule has 0 amide bonds. The van der Waals surface area contributed by atoms with Crippen LogP contribution in [0.5, 0.6) is 0 Å². The van der Waals surface area contributed by atoms with Crippen LogP contribution >= 0.6 is 0 Å². The molecule has 6 N–H and O–H groups in total. The number of piperidine rings is 1. The van der Waals surface area contributed by atoms with E-state index < -0.39 is 47.3 Å². The largest absolute Gasteiger partial charge is 0.479 e. The van der Waals surface area contributed by atoms with Crippen LogP contribution in [0.1, 0.15) is 44.2 Å². The summed E-state index contributed by atoms with van der Waals surface area (Å²) >= 11 is 0. The highest BCUT2D eigenvalue weighted by atomic mass is 19.4. The maximum atomic E-state index is 13.3. The molecular formula is C22H32F4N2O7. The predicted molar refractivity (Wildman–Crippen MR) is 116 cm³/mol. The first-order valence-electron chi connectivity index (χ1n) is 10.9. The summed E-state index contributed by atoms with van der Waals surface area (Å²) in [6, 6.07) is 3.00. The lowest BCUT2D eigenvalue weighted by Crippen LogP contribution is -2.44. The summed E-state index contributed by atoms with van der Waals surface area (Å²) in [4.78, 5) is 21.5. The third-order valence-electron chi connectivity index (χ3n) is 5.39. The Morgan fingerprint density at radius 3 is 2.03 bits per heavy atom. The van der Waals surface area contributed by atoms with Crippen molar-refractivity contribution >= 4 is 11.9 Å². The zero-order chi connectivity index (χ0) is 27.0. The molecule has 0 bridgehead atoms. The van der Waals surface area contributed by atoms with Crippen molar-refractivity contribution in [2.75, 3.05) is 19.6 Å². The van der Waals surface area contributed by atoms with Crippen LogP contribution in [0.4, 0.5) is 17.6 Å². The Labute approximate surface area is 200 Å². The average Bonchev–Trinajstić information content (AvgIpc) is 2.76. The number of aliphatic carboxylic acids is 2. The van der Waals surface area contributed by atoms with Gasteiger partial charge in [-0.2, -0.15) is 13.2 Å². The van der Waals surface area contributed by atoms with Crippen LogP contribution in [-0.4, -0.2) is 85.9 Å². The molecule has 1 aliphatic rings. The molecule has 0 saturated carbocycles. The van der Waals surface area contributed by atoms with Crippen LogP contribution in [0.15, 0.2) is 18.2 Å². The van der Waals surface area contributed by atoms with Gasteiger partial charge in [-0.1, -0.05) is 6.07 Å². The van der Waals surface area contributed by atoms with Gasteiger partial charge in [0, 0.05) is 19.1 Å². The van der Waals surface area contributed by atoms with Crippen molar-refractivity contribution in [3.05, 3.63) is 35.1 Å². The van der Waals surface area contributed by atoms with Crippen molar-refractivity contribution in [3.63, 3.8) is 0 Å². The number of nitrogens with zero attached hydrogens (tertiary/aromatic N) is 1. The minimum atomic E-state index is -4.59. The minimum Gasteiger partial charge on any atom is -0.479 e. The molecule has 0 radical (unpaired) electrons. The molecular weight excluding hydrogens is 480 g/mol. The second-order valence-electron chi connectivity index (χ2n) is 8.88. The van der Waals surface area contributed by atoms with E-state index in [1.54, 1.807) is 13.8 Å². The van der Waals surface area contributed by atoms with Crippen molar-refractivity contribution in [2.45, 2.75) is 69.7 Å². The van der Waals surface area contributed by atoms with Gasteiger partial charge in [-0.25, -0.2) is 14.0 Å². The van der Waals surface area contributed by atoms with Crippen LogP contribution in [0.3, 0.4) is 0 Å². The number of hydrogen-bond acceptors (Lipinski definition) is 7. The van der Waals surface area contributed by atoms with Crippen molar-refractivity contribution in [1.29, 1.82) is 0 Å². The monoisotopic (exact) mass is 512 g/mol. The molecule has 2 rings (SSSR count). The molecule has 1 saturated heterocycles. The fourth-order valence-corrected chi connectivity index (χ4v) is 3.42. The molecule has 0 aliphatic carbocycles. The van der Waals surface area contributed by atoms with Gasteiger partial charge in [-0.15, -0.1) is 0 Å². The molecule has 2 atom stereocenters. The lowest BCUT2D eigenvalue weighted by atomic mass is 9.99. The molecule has 1 aromatic rings. The van der Waals surface area contributed by atoms with E-state index in [1.807, 2.05) is 4.90 Å². The predicted octanol–water partition coefficient (Wildman–Crippen LogP) is 1.44. The van der Waals surface area contributed by atoms with E-state index in [2.05, 4.69) is 5.32 Å². The molecule has 9 nitrogen and oxygen atoms in total. The Morgan fingerprint density at radius 2 is 1.60 bits per heavy atom. The Morgan fingerprint density at radius 1 is 1.09 bits per heavy atom. The zero-order valence-corrected chi connectivity index (χ0v) is 19.4. The van der Waals surface area contributed by atoms with Crippen LogP contribution in [0, 0.1) is 5.82 Å². The van der Waals surface area contributed by atoms with Gasteiger partial charge in [0.2, 0.25) is 0 Å². The summed E-state index contributed by atoms with van der Waals surface area (Å²) < 4.78 is 53.1. The molecule has 1 aromatic carbocycles. The first-order valence-corrected chi connectivity index (χ1v) is 10.9. The van der Waals surface area contributed by atoms with Gasteiger partial charge < -0.3 is 30.8 Å². The van der Waals surface area contributed by atoms with Gasteiger partial charge in [-0.05, 0) is 63.9 Å². The molecule has 2 unspecified atom stereocenters. The van der Waals surface area contributed by atoms with Crippen LogP contribution in [0.25, 0.3) is 0 Å². The van der Waals surface area contributed by atoms with Gasteiger partial charge in [-0.3, -0.25) is 4.90 Å². The van der Waals surface area contributed by atoms with Gasteiger partial charge >= 0.3 is 18.1 Å². The number of hydrogen-bond donors (Lipinski definition) is 6. The molecule has 1 heterocycles. The van der Waals surface area contributed by atoms with Crippen LogP contribution in [0.2, 0.25) is 0 Å². The van der Waals surface area contributed by atoms with Crippen molar-refractivity contribution in [2.24, 2.45) is 0 Å². The summed E-state index contributed by atoms with van der Waals surface area (Å²) in [5, 5.41) is 45.8. The van der Waals surface area contributed by atoms with Crippen LogP contribution < -0.4 is 5.32 Å². The normalized spacial score (nSPS) is 16.9. The third kappa shape index (κ3) is 10.9. The Hall–Kier alpha value is -2.32. The second kappa shape index (κ2) is 13.1. The smallest absolute Gasteiger partial charge is 0.416 e. The summed E-state index contributed by atoms with van der Waals surface area (Å²) in [5.41, 5.74) is -1.74. The van der Waals surface area contributed by atoms with Gasteiger partial charge in [0.15, 0.2) is 12.2 Å². The van der Waals surface area contributed by atoms with Crippen molar-refractivity contribution in [3.8, 4) is 0 Å². The van der Waals surface area contributed by atoms with E-state index in [-0.39, 0.29) is 18.2 Å². The summed E-state index contributed by atoms with van der Waals surface area (Å²) in [6.07, 6.45) is -6.98. The number of nitrogens with one attached hydrogen (secondary N) is 1. The van der Waals surface area contributed by atoms with Gasteiger partial charge in [0.05, 0.1) is 11.2 Å². The van der Waals surface area contributed by atoms with Gasteiger partial charge in [0.25, 0.3) is 0 Å². The number of rotatable bonds is 9. The molecule has 1 aliphatic heterocycles. The van der Waals surface area contributed by atoms with Gasteiger partial charge in [0.1, 0.15) is 5.82 Å². The highest BCUT2D eigenvalue weighted by Gasteiger charge is 2.35. The van der Waals surface area contributed by atoms with E-state index in [0.717, 1.165) is 32.0 Å². The number of aliphatic hydroxyl groups is 3. The van der Waals surface area contributed by atoms with E-state index in [9.17, 15) is 32.3 Å². The summed E-state index contributed by atoms with van der Waals surface area (Å²) in [7, 11) is 0. The fourth-order valence-electron chi connectivity index (χ4n) is 3.42. The highest BCUT2D eigenvalue weighted by Crippen LogP contribution is 2.33. The first-order chi connectivity index (χ1) is 16.0. The third-order valence-corrected chi connectivity index (χ3v) is 5.39. The Bertz CT molecular complexity index is 822. The maximum absolute atomic E-state index is 13.3.